The standard InChI is InChI=1S/C14H15FN4O2S2/c1-8(2)12-13(19-14(16-12)22-9(3)17-19)23(20,21)18-11-7-5-4-6-10(11)15/h4-8,18H,1-3H3. The van der Waals surface area contributed by atoms with E-state index in [0.29, 0.717) is 15.7 Å². The molecular weight excluding hydrogens is 339 g/mol. The first-order chi connectivity index (χ1) is 10.8. The normalized spacial score (nSPS) is 12.2. The number of halogens is 1. The van der Waals surface area contributed by atoms with E-state index in [1.54, 1.807) is 13.0 Å². The lowest BCUT2D eigenvalue weighted by atomic mass is 10.2. The van der Waals surface area contributed by atoms with Crippen molar-refractivity contribution in [1.29, 1.82) is 0 Å². The number of nitrogens with one attached hydrogen (secondary N) is 1. The molecule has 0 unspecified atom stereocenters. The highest BCUT2D eigenvalue weighted by molar-refractivity contribution is 7.92. The van der Waals surface area contributed by atoms with Crippen molar-refractivity contribution >= 4 is 32.0 Å². The van der Waals surface area contributed by atoms with Gasteiger partial charge in [0.25, 0.3) is 10.0 Å². The minimum Gasteiger partial charge on any atom is -0.275 e. The SMILES string of the molecule is Cc1nn2c(S(=O)(=O)Nc3ccccc3F)c(C(C)C)nc2s1. The van der Waals surface area contributed by atoms with E-state index in [1.165, 1.54) is 34.1 Å². The molecule has 1 N–H and O–H groups in total. The molecule has 0 saturated heterocycles. The molecule has 6 nitrogen and oxygen atoms in total. The second-order valence-corrected chi connectivity index (χ2v) is 8.12. The Kier molecular flexibility index (Phi) is 3.85. The van der Waals surface area contributed by atoms with Crippen LogP contribution in [0.2, 0.25) is 0 Å². The van der Waals surface area contributed by atoms with E-state index < -0.39 is 15.8 Å². The predicted molar refractivity (Wildman–Crippen MR) is 86.9 cm³/mol. The summed E-state index contributed by atoms with van der Waals surface area (Å²) in [7, 11) is -4.03. The van der Waals surface area contributed by atoms with Crippen LogP contribution in [0.3, 0.4) is 0 Å². The van der Waals surface area contributed by atoms with Gasteiger partial charge in [-0.2, -0.15) is 18.0 Å². The van der Waals surface area contributed by atoms with Gasteiger partial charge in [0, 0.05) is 0 Å². The fraction of sp³-hybridized carbons (Fsp3) is 0.286. The maximum atomic E-state index is 13.8. The number of aryl methyl sites for hydroxylation is 1. The van der Waals surface area contributed by atoms with Crippen LogP contribution < -0.4 is 4.72 Å². The van der Waals surface area contributed by atoms with Crippen LogP contribution in [0.25, 0.3) is 4.96 Å². The first-order valence-electron chi connectivity index (χ1n) is 6.93. The number of rotatable bonds is 4. The van der Waals surface area contributed by atoms with Crippen molar-refractivity contribution < 1.29 is 12.8 Å². The molecule has 0 amide bonds. The van der Waals surface area contributed by atoms with Crippen LogP contribution in [-0.4, -0.2) is 23.0 Å². The van der Waals surface area contributed by atoms with Crippen LogP contribution in [0, 0.1) is 12.7 Å². The molecule has 0 fully saturated rings. The quantitative estimate of drug-likeness (QED) is 0.781. The molecule has 0 saturated carbocycles. The summed E-state index contributed by atoms with van der Waals surface area (Å²) in [5.74, 6) is -0.756. The summed E-state index contributed by atoms with van der Waals surface area (Å²) in [5, 5.41) is 4.86. The molecule has 0 spiro atoms. The summed E-state index contributed by atoms with van der Waals surface area (Å²) in [6.45, 7) is 5.47. The predicted octanol–water partition coefficient (Wildman–Crippen LogP) is 3.16. The summed E-state index contributed by atoms with van der Waals surface area (Å²) in [5.41, 5.74) is 0.302. The number of benzene rings is 1. The van der Waals surface area contributed by atoms with Gasteiger partial charge in [0.1, 0.15) is 10.8 Å². The van der Waals surface area contributed by atoms with Crippen molar-refractivity contribution in [1.82, 2.24) is 14.6 Å². The average molecular weight is 354 g/mol. The molecule has 0 bridgehead atoms. The second-order valence-electron chi connectivity index (χ2n) is 5.36. The third kappa shape index (κ3) is 2.81. The summed E-state index contributed by atoms with van der Waals surface area (Å²) in [4.78, 5) is 4.87. The molecule has 2 heterocycles. The molecule has 0 aliphatic rings. The molecule has 9 heteroatoms. The zero-order chi connectivity index (χ0) is 16.8. The van der Waals surface area contributed by atoms with Gasteiger partial charge in [-0.15, -0.1) is 0 Å². The van der Waals surface area contributed by atoms with Crippen molar-refractivity contribution in [2.24, 2.45) is 0 Å². The molecule has 1 aromatic carbocycles. The van der Waals surface area contributed by atoms with Gasteiger partial charge in [-0.3, -0.25) is 4.72 Å². The molecule has 2 aromatic heterocycles. The Bertz CT molecular complexity index is 976. The topological polar surface area (TPSA) is 76.4 Å². The van der Waals surface area contributed by atoms with Crippen LogP contribution in [0.5, 0.6) is 0 Å². The molecule has 3 aromatic rings. The average Bonchev–Trinajstić information content (AvgIpc) is 2.96. The number of nitrogens with zero attached hydrogens (tertiary/aromatic N) is 3. The van der Waals surface area contributed by atoms with Crippen molar-refractivity contribution in [3.05, 3.63) is 40.8 Å². The highest BCUT2D eigenvalue weighted by Gasteiger charge is 2.29. The smallest absolute Gasteiger partial charge is 0.275 e. The number of hydrogen-bond donors (Lipinski definition) is 1. The number of para-hydroxylation sites is 1. The Morgan fingerprint density at radius 3 is 2.65 bits per heavy atom. The minimum absolute atomic E-state index is 0.0462. The Hall–Kier alpha value is -2.00. The number of anilines is 1. The van der Waals surface area contributed by atoms with Crippen LogP contribution in [0.4, 0.5) is 10.1 Å². The van der Waals surface area contributed by atoms with E-state index in [4.69, 9.17) is 0 Å². The van der Waals surface area contributed by atoms with Gasteiger partial charge in [0.05, 0.1) is 11.4 Å². The zero-order valence-corrected chi connectivity index (χ0v) is 14.4. The lowest BCUT2D eigenvalue weighted by Crippen LogP contribution is -2.18. The van der Waals surface area contributed by atoms with E-state index in [9.17, 15) is 12.8 Å². The maximum Gasteiger partial charge on any atom is 0.281 e. The third-order valence-corrected chi connectivity index (χ3v) is 5.41. The van der Waals surface area contributed by atoms with Crippen LogP contribution >= 0.6 is 11.3 Å². The number of imidazole rings is 1. The Morgan fingerprint density at radius 2 is 2.00 bits per heavy atom. The van der Waals surface area contributed by atoms with Crippen LogP contribution in [-0.2, 0) is 10.0 Å². The first kappa shape index (κ1) is 15.9. The molecule has 3 rings (SSSR count). The van der Waals surface area contributed by atoms with E-state index in [-0.39, 0.29) is 16.6 Å². The first-order valence-corrected chi connectivity index (χ1v) is 9.23. The summed E-state index contributed by atoms with van der Waals surface area (Å²) >= 11 is 1.30. The Balaban J connectivity index is 2.17. The minimum atomic E-state index is -4.03. The number of aromatic nitrogens is 3. The van der Waals surface area contributed by atoms with Gasteiger partial charge < -0.3 is 0 Å². The largest absolute Gasteiger partial charge is 0.281 e. The number of hydrogen-bond acceptors (Lipinski definition) is 5. The van der Waals surface area contributed by atoms with Crippen molar-refractivity contribution in [3.8, 4) is 0 Å². The van der Waals surface area contributed by atoms with E-state index in [2.05, 4.69) is 14.8 Å². The highest BCUT2D eigenvalue weighted by atomic mass is 32.2. The fourth-order valence-electron chi connectivity index (χ4n) is 2.21. The van der Waals surface area contributed by atoms with Crippen LogP contribution in [0.1, 0.15) is 30.5 Å². The molecule has 0 aliphatic heterocycles. The molecule has 0 radical (unpaired) electrons. The van der Waals surface area contributed by atoms with E-state index >= 15 is 0 Å². The Morgan fingerprint density at radius 1 is 1.30 bits per heavy atom. The van der Waals surface area contributed by atoms with E-state index in [0.717, 1.165) is 0 Å². The van der Waals surface area contributed by atoms with E-state index in [1.807, 2.05) is 13.8 Å². The number of sulfonamides is 1. The van der Waals surface area contributed by atoms with Crippen LogP contribution in [0.15, 0.2) is 29.3 Å². The monoisotopic (exact) mass is 354 g/mol. The third-order valence-electron chi connectivity index (χ3n) is 3.21. The lowest BCUT2D eigenvalue weighted by Gasteiger charge is -2.10. The number of fused-ring (bicyclic) bond motifs is 1. The molecular formula is C14H15FN4O2S2. The van der Waals surface area contributed by atoms with Gasteiger partial charge >= 0.3 is 0 Å². The van der Waals surface area contributed by atoms with Gasteiger partial charge in [-0.1, -0.05) is 37.3 Å². The maximum absolute atomic E-state index is 13.8. The summed E-state index contributed by atoms with van der Waals surface area (Å²) in [6, 6.07) is 5.61. The van der Waals surface area contributed by atoms with Crippen molar-refractivity contribution in [2.75, 3.05) is 4.72 Å². The van der Waals surface area contributed by atoms with Gasteiger partial charge in [0.2, 0.25) is 9.99 Å². The van der Waals surface area contributed by atoms with Gasteiger partial charge in [-0.25, -0.2) is 9.37 Å². The summed E-state index contributed by atoms with van der Waals surface area (Å²) in [6.07, 6.45) is 0. The molecule has 23 heavy (non-hydrogen) atoms. The molecule has 0 atom stereocenters. The summed E-state index contributed by atoms with van der Waals surface area (Å²) < 4.78 is 42.9. The lowest BCUT2D eigenvalue weighted by molar-refractivity contribution is 0.587. The molecule has 0 aliphatic carbocycles. The van der Waals surface area contributed by atoms with Gasteiger partial charge in [-0.05, 0) is 25.0 Å². The Labute approximate surface area is 137 Å². The fourth-order valence-corrected chi connectivity index (χ4v) is 4.48. The highest BCUT2D eigenvalue weighted by Crippen LogP contribution is 2.29. The van der Waals surface area contributed by atoms with Crippen molar-refractivity contribution in [3.63, 3.8) is 0 Å². The molecule has 122 valence electrons. The van der Waals surface area contributed by atoms with Gasteiger partial charge in [0.15, 0.2) is 0 Å². The zero-order valence-electron chi connectivity index (χ0n) is 12.7. The second kappa shape index (κ2) is 5.57. The van der Waals surface area contributed by atoms with Crippen molar-refractivity contribution in [2.45, 2.75) is 31.7 Å².